The monoisotopic (exact) mass is 405 g/mol. The Morgan fingerprint density at radius 3 is 2.77 bits per heavy atom. The van der Waals surface area contributed by atoms with E-state index in [1.807, 2.05) is 18.3 Å². The maximum absolute atomic E-state index is 13.2. The van der Waals surface area contributed by atoms with E-state index in [2.05, 4.69) is 38.8 Å². The number of hydrogen-bond acceptors (Lipinski definition) is 5. The fourth-order valence-electron chi connectivity index (χ4n) is 4.16. The topological polar surface area (TPSA) is 56.6 Å². The summed E-state index contributed by atoms with van der Waals surface area (Å²) < 4.78 is 12.8. The molecule has 6 nitrogen and oxygen atoms in total. The van der Waals surface area contributed by atoms with Crippen molar-refractivity contribution in [1.82, 2.24) is 14.5 Å². The van der Waals surface area contributed by atoms with Crippen LogP contribution in [0.15, 0.2) is 61.1 Å². The Bertz CT molecular complexity index is 1000. The van der Waals surface area contributed by atoms with E-state index in [1.54, 1.807) is 32.5 Å². The second-order valence-electron chi connectivity index (χ2n) is 7.59. The Labute approximate surface area is 177 Å². The molecule has 1 saturated heterocycles. The van der Waals surface area contributed by atoms with Crippen molar-refractivity contribution in [3.05, 3.63) is 72.3 Å². The molecule has 0 bridgehead atoms. The first kappa shape index (κ1) is 20.2. The minimum atomic E-state index is -0.0151. The summed E-state index contributed by atoms with van der Waals surface area (Å²) in [5.41, 5.74) is 2.92. The molecule has 30 heavy (non-hydrogen) atoms. The third kappa shape index (κ3) is 4.24. The molecular weight excluding hydrogens is 378 g/mol. The van der Waals surface area contributed by atoms with E-state index in [9.17, 15) is 4.79 Å². The Morgan fingerprint density at radius 2 is 2.00 bits per heavy atom. The molecule has 0 spiro atoms. The summed E-state index contributed by atoms with van der Waals surface area (Å²) in [4.78, 5) is 19.8. The summed E-state index contributed by atoms with van der Waals surface area (Å²) in [6.07, 6.45) is 7.62. The van der Waals surface area contributed by atoms with E-state index in [0.29, 0.717) is 17.1 Å². The van der Waals surface area contributed by atoms with Crippen molar-refractivity contribution >= 4 is 5.78 Å². The summed E-state index contributed by atoms with van der Waals surface area (Å²) in [6.45, 7) is 2.55. The first-order valence-corrected chi connectivity index (χ1v) is 10.2. The first-order valence-electron chi connectivity index (χ1n) is 10.2. The van der Waals surface area contributed by atoms with Crippen LogP contribution in [0, 0.1) is 5.92 Å². The number of benzene rings is 1. The Hall–Kier alpha value is -3.12. The van der Waals surface area contributed by atoms with Crippen molar-refractivity contribution in [3.63, 3.8) is 0 Å². The maximum Gasteiger partial charge on any atom is 0.167 e. The predicted octanol–water partition coefficient (Wildman–Crippen LogP) is 3.98. The van der Waals surface area contributed by atoms with Crippen molar-refractivity contribution in [1.29, 1.82) is 0 Å². The minimum absolute atomic E-state index is 0.0151. The smallest absolute Gasteiger partial charge is 0.167 e. The van der Waals surface area contributed by atoms with E-state index in [4.69, 9.17) is 9.47 Å². The van der Waals surface area contributed by atoms with Crippen LogP contribution in [0.1, 0.15) is 28.9 Å². The first-order chi connectivity index (χ1) is 14.7. The zero-order valence-electron chi connectivity index (χ0n) is 17.5. The maximum atomic E-state index is 13.2. The normalized spacial score (nSPS) is 16.9. The average molecular weight is 405 g/mol. The summed E-state index contributed by atoms with van der Waals surface area (Å²) >= 11 is 0. The number of nitrogens with zero attached hydrogens (tertiary/aromatic N) is 3. The van der Waals surface area contributed by atoms with Gasteiger partial charge in [-0.15, -0.1) is 0 Å². The molecule has 0 radical (unpaired) electrons. The third-order valence-electron chi connectivity index (χ3n) is 5.69. The van der Waals surface area contributed by atoms with Crippen molar-refractivity contribution in [2.45, 2.75) is 19.4 Å². The summed E-state index contributed by atoms with van der Waals surface area (Å²) in [5.74, 6) is 1.38. The van der Waals surface area contributed by atoms with Gasteiger partial charge >= 0.3 is 0 Å². The number of hydrogen-bond donors (Lipinski definition) is 0. The SMILES string of the molecule is COc1ccc(C(=O)C2CCCN(Cc3cccn3-c3cccnc3)C2)cc1OC. The number of Topliss-reactive ketones (excluding diaryl/α,β-unsaturated/α-hetero) is 1. The molecule has 1 aliphatic rings. The van der Waals surface area contributed by atoms with Gasteiger partial charge < -0.3 is 14.0 Å². The number of piperidine rings is 1. The van der Waals surface area contributed by atoms with Crippen molar-refractivity contribution in [2.75, 3.05) is 27.3 Å². The Morgan fingerprint density at radius 1 is 1.13 bits per heavy atom. The van der Waals surface area contributed by atoms with Gasteiger partial charge in [-0.1, -0.05) is 0 Å². The van der Waals surface area contributed by atoms with Crippen LogP contribution in [0.25, 0.3) is 5.69 Å². The van der Waals surface area contributed by atoms with Crippen LogP contribution in [0.5, 0.6) is 11.5 Å². The molecule has 1 atom stereocenters. The summed E-state index contributed by atoms with van der Waals surface area (Å²) in [6, 6.07) is 13.6. The van der Waals surface area contributed by atoms with Gasteiger partial charge in [0.15, 0.2) is 17.3 Å². The van der Waals surface area contributed by atoms with E-state index < -0.39 is 0 Å². The lowest BCUT2D eigenvalue weighted by molar-refractivity contribution is 0.0809. The van der Waals surface area contributed by atoms with Gasteiger partial charge in [0.25, 0.3) is 0 Å². The molecule has 1 unspecified atom stereocenters. The van der Waals surface area contributed by atoms with Gasteiger partial charge in [-0.2, -0.15) is 0 Å². The summed E-state index contributed by atoms with van der Waals surface area (Å²) in [7, 11) is 3.19. The molecular formula is C24H27N3O3. The quantitative estimate of drug-likeness (QED) is 0.557. The predicted molar refractivity (Wildman–Crippen MR) is 115 cm³/mol. The van der Waals surface area contributed by atoms with Gasteiger partial charge in [0.2, 0.25) is 0 Å². The van der Waals surface area contributed by atoms with E-state index >= 15 is 0 Å². The molecule has 0 amide bonds. The van der Waals surface area contributed by atoms with Crippen LogP contribution >= 0.6 is 0 Å². The van der Waals surface area contributed by atoms with E-state index in [0.717, 1.165) is 38.2 Å². The highest BCUT2D eigenvalue weighted by Crippen LogP contribution is 2.30. The molecule has 4 rings (SSSR count). The molecule has 0 N–H and O–H groups in total. The highest BCUT2D eigenvalue weighted by Gasteiger charge is 2.27. The number of carbonyl (C=O) groups is 1. The fraction of sp³-hybridized carbons (Fsp3) is 0.333. The van der Waals surface area contributed by atoms with Crippen LogP contribution < -0.4 is 9.47 Å². The van der Waals surface area contributed by atoms with Gasteiger partial charge in [0.1, 0.15) is 0 Å². The zero-order chi connectivity index (χ0) is 20.9. The van der Waals surface area contributed by atoms with Crippen molar-refractivity contribution in [3.8, 4) is 17.2 Å². The Kier molecular flexibility index (Phi) is 6.14. The van der Waals surface area contributed by atoms with Gasteiger partial charge in [0.05, 0.1) is 26.1 Å². The molecule has 0 saturated carbocycles. The van der Waals surface area contributed by atoms with Gasteiger partial charge in [-0.3, -0.25) is 14.7 Å². The Balaban J connectivity index is 1.47. The molecule has 156 valence electrons. The highest BCUT2D eigenvalue weighted by molar-refractivity contribution is 5.98. The number of ether oxygens (including phenoxy) is 2. The largest absolute Gasteiger partial charge is 0.493 e. The third-order valence-corrected chi connectivity index (χ3v) is 5.69. The van der Waals surface area contributed by atoms with Crippen LogP contribution in [-0.4, -0.2) is 47.5 Å². The number of ketones is 1. The molecule has 3 heterocycles. The van der Waals surface area contributed by atoms with Crippen molar-refractivity contribution in [2.24, 2.45) is 5.92 Å². The lowest BCUT2D eigenvalue weighted by Crippen LogP contribution is -2.38. The lowest BCUT2D eigenvalue weighted by Gasteiger charge is -2.32. The molecule has 3 aromatic rings. The molecule has 1 aromatic carbocycles. The zero-order valence-corrected chi connectivity index (χ0v) is 17.5. The van der Waals surface area contributed by atoms with Crippen molar-refractivity contribution < 1.29 is 14.3 Å². The second kappa shape index (κ2) is 9.13. The van der Waals surface area contributed by atoms with Crippen LogP contribution in [-0.2, 0) is 6.54 Å². The van der Waals surface area contributed by atoms with Gasteiger partial charge in [-0.05, 0) is 61.9 Å². The number of methoxy groups -OCH3 is 2. The number of pyridine rings is 1. The molecule has 1 fully saturated rings. The molecule has 0 aliphatic carbocycles. The standard InChI is InChI=1S/C24H27N3O3/c1-29-22-10-9-18(14-23(22)30-2)24(28)19-6-4-12-26(16-19)17-21-8-5-13-27(21)20-7-3-11-25-15-20/h3,5,7-11,13-15,19H,4,6,12,16-17H2,1-2H3. The summed E-state index contributed by atoms with van der Waals surface area (Å²) in [5, 5.41) is 0. The number of likely N-dealkylation sites (tertiary alicyclic amines) is 1. The van der Waals surface area contributed by atoms with Crippen LogP contribution in [0.2, 0.25) is 0 Å². The minimum Gasteiger partial charge on any atom is -0.493 e. The molecule has 2 aromatic heterocycles. The second-order valence-corrected chi connectivity index (χ2v) is 7.59. The van der Waals surface area contributed by atoms with E-state index in [1.165, 1.54) is 5.69 Å². The van der Waals surface area contributed by atoms with E-state index in [-0.39, 0.29) is 11.7 Å². The molecule has 1 aliphatic heterocycles. The lowest BCUT2D eigenvalue weighted by atomic mass is 9.89. The number of rotatable bonds is 7. The average Bonchev–Trinajstić information content (AvgIpc) is 3.27. The number of carbonyl (C=O) groups excluding carboxylic acids is 1. The van der Waals surface area contributed by atoms with Gasteiger partial charge in [-0.25, -0.2) is 0 Å². The fourth-order valence-corrected chi connectivity index (χ4v) is 4.16. The van der Waals surface area contributed by atoms with Crippen LogP contribution in [0.4, 0.5) is 0 Å². The van der Waals surface area contributed by atoms with Gasteiger partial charge in [0, 0.05) is 42.7 Å². The molecule has 6 heteroatoms. The number of aromatic nitrogens is 2. The van der Waals surface area contributed by atoms with Crippen LogP contribution in [0.3, 0.4) is 0 Å². The highest BCUT2D eigenvalue weighted by atomic mass is 16.5.